The fourth-order valence-electron chi connectivity index (χ4n) is 2.21. The first-order valence-corrected chi connectivity index (χ1v) is 7.82. The summed E-state index contributed by atoms with van der Waals surface area (Å²) in [6.45, 7) is 8.23. The summed E-state index contributed by atoms with van der Waals surface area (Å²) in [6, 6.07) is 10.3. The molecule has 0 aliphatic rings. The number of hydrogen-bond acceptors (Lipinski definition) is 2. The maximum absolute atomic E-state index is 12.3. The van der Waals surface area contributed by atoms with Gasteiger partial charge in [0.1, 0.15) is 0 Å². The van der Waals surface area contributed by atoms with Crippen LogP contribution >= 0.6 is 0 Å². The van der Waals surface area contributed by atoms with Crippen LogP contribution in [0.3, 0.4) is 0 Å². The summed E-state index contributed by atoms with van der Waals surface area (Å²) < 4.78 is 0. The van der Waals surface area contributed by atoms with E-state index in [-0.39, 0.29) is 12.1 Å². The highest BCUT2D eigenvalue weighted by Gasteiger charge is 2.15. The number of nitrogens with two attached hydrogens (primary N) is 1. The lowest BCUT2D eigenvalue weighted by Crippen LogP contribution is -2.46. The van der Waals surface area contributed by atoms with Crippen LogP contribution in [-0.2, 0) is 6.42 Å². The molecule has 3 N–H and O–H groups in total. The number of carbonyl (C=O) groups is 1. The molecule has 0 aliphatic heterocycles. The van der Waals surface area contributed by atoms with Crippen LogP contribution in [0.15, 0.2) is 30.3 Å². The smallest absolute Gasteiger partial charge is 0.317 e. The molecule has 2 amide bonds. The van der Waals surface area contributed by atoms with Crippen LogP contribution in [-0.4, -0.2) is 36.6 Å². The standard InChI is InChI=1S/C17H29N3O/c1-14(2)9-11-20(12-10-18)17(21)19-15(3)13-16-7-5-4-6-8-16/h4-8,14-15H,9-13,18H2,1-3H3,(H,19,21)/t15-/m0/s1. The number of urea groups is 1. The van der Waals surface area contributed by atoms with E-state index in [1.54, 1.807) is 0 Å². The highest BCUT2D eigenvalue weighted by molar-refractivity contribution is 5.74. The first-order chi connectivity index (χ1) is 10.0. The van der Waals surface area contributed by atoms with E-state index >= 15 is 0 Å². The largest absolute Gasteiger partial charge is 0.335 e. The monoisotopic (exact) mass is 291 g/mol. The van der Waals surface area contributed by atoms with E-state index in [1.807, 2.05) is 30.0 Å². The van der Waals surface area contributed by atoms with Crippen molar-refractivity contribution < 1.29 is 4.79 Å². The van der Waals surface area contributed by atoms with Crippen LogP contribution < -0.4 is 11.1 Å². The molecule has 1 rings (SSSR count). The molecular weight excluding hydrogens is 262 g/mol. The molecule has 4 nitrogen and oxygen atoms in total. The second-order valence-electron chi connectivity index (χ2n) is 6.00. The summed E-state index contributed by atoms with van der Waals surface area (Å²) in [7, 11) is 0. The Hall–Kier alpha value is -1.55. The molecule has 0 saturated heterocycles. The third-order valence-corrected chi connectivity index (χ3v) is 3.42. The average Bonchev–Trinajstić information content (AvgIpc) is 2.44. The van der Waals surface area contributed by atoms with Crippen LogP contribution in [0.5, 0.6) is 0 Å². The third-order valence-electron chi connectivity index (χ3n) is 3.42. The molecule has 118 valence electrons. The van der Waals surface area contributed by atoms with Gasteiger partial charge in [0.15, 0.2) is 0 Å². The fraction of sp³-hybridized carbons (Fsp3) is 0.588. The SMILES string of the molecule is CC(C)CCN(CCN)C(=O)N[C@@H](C)Cc1ccccc1. The molecule has 1 atom stereocenters. The summed E-state index contributed by atoms with van der Waals surface area (Å²) in [4.78, 5) is 14.1. The van der Waals surface area contributed by atoms with Crippen molar-refractivity contribution in [2.75, 3.05) is 19.6 Å². The Balaban J connectivity index is 2.47. The highest BCUT2D eigenvalue weighted by Crippen LogP contribution is 2.05. The second kappa shape index (κ2) is 9.40. The van der Waals surface area contributed by atoms with Crippen molar-refractivity contribution in [3.05, 3.63) is 35.9 Å². The van der Waals surface area contributed by atoms with Gasteiger partial charge >= 0.3 is 6.03 Å². The number of rotatable bonds is 8. The van der Waals surface area contributed by atoms with Crippen molar-refractivity contribution in [2.45, 2.75) is 39.7 Å². The van der Waals surface area contributed by atoms with E-state index in [2.05, 4.69) is 31.3 Å². The molecule has 0 unspecified atom stereocenters. The lowest BCUT2D eigenvalue weighted by molar-refractivity contribution is 0.193. The van der Waals surface area contributed by atoms with Crippen LogP contribution in [0.2, 0.25) is 0 Å². The maximum Gasteiger partial charge on any atom is 0.317 e. The molecule has 21 heavy (non-hydrogen) atoms. The van der Waals surface area contributed by atoms with Crippen molar-refractivity contribution >= 4 is 6.03 Å². The van der Waals surface area contributed by atoms with Gasteiger partial charge in [0, 0.05) is 25.7 Å². The summed E-state index contributed by atoms with van der Waals surface area (Å²) in [6.07, 6.45) is 1.84. The number of nitrogens with one attached hydrogen (secondary N) is 1. The minimum Gasteiger partial charge on any atom is -0.335 e. The Morgan fingerprint density at radius 2 is 1.86 bits per heavy atom. The van der Waals surface area contributed by atoms with Gasteiger partial charge in [-0.2, -0.15) is 0 Å². The Bertz CT molecular complexity index is 406. The van der Waals surface area contributed by atoms with E-state index in [0.717, 1.165) is 19.4 Å². The summed E-state index contributed by atoms with van der Waals surface area (Å²) >= 11 is 0. The fourth-order valence-corrected chi connectivity index (χ4v) is 2.21. The van der Waals surface area contributed by atoms with Crippen molar-refractivity contribution in [3.8, 4) is 0 Å². The Labute approximate surface area is 128 Å². The minimum absolute atomic E-state index is 0.00969. The summed E-state index contributed by atoms with van der Waals surface area (Å²) in [5.41, 5.74) is 6.84. The molecule has 0 aromatic heterocycles. The van der Waals surface area contributed by atoms with Crippen molar-refractivity contribution in [2.24, 2.45) is 11.7 Å². The minimum atomic E-state index is -0.00969. The molecule has 0 spiro atoms. The first-order valence-electron chi connectivity index (χ1n) is 7.82. The van der Waals surface area contributed by atoms with Gasteiger partial charge in [-0.1, -0.05) is 44.2 Å². The molecular formula is C17H29N3O. The number of amides is 2. The Morgan fingerprint density at radius 3 is 2.43 bits per heavy atom. The van der Waals surface area contributed by atoms with E-state index in [4.69, 9.17) is 5.73 Å². The molecule has 0 fully saturated rings. The zero-order valence-corrected chi connectivity index (χ0v) is 13.5. The molecule has 4 heteroatoms. The predicted molar refractivity (Wildman–Crippen MR) is 88.2 cm³/mol. The van der Waals surface area contributed by atoms with Gasteiger partial charge in [0.05, 0.1) is 0 Å². The topological polar surface area (TPSA) is 58.4 Å². The molecule has 0 heterocycles. The molecule has 1 aromatic rings. The van der Waals surface area contributed by atoms with Crippen molar-refractivity contribution in [1.29, 1.82) is 0 Å². The van der Waals surface area contributed by atoms with Gasteiger partial charge in [-0.05, 0) is 31.2 Å². The zero-order chi connectivity index (χ0) is 15.7. The van der Waals surface area contributed by atoms with Gasteiger partial charge in [-0.15, -0.1) is 0 Å². The highest BCUT2D eigenvalue weighted by atomic mass is 16.2. The van der Waals surface area contributed by atoms with Crippen molar-refractivity contribution in [3.63, 3.8) is 0 Å². The number of hydrogen-bond donors (Lipinski definition) is 2. The number of benzene rings is 1. The van der Waals surface area contributed by atoms with Gasteiger partial charge in [-0.25, -0.2) is 4.79 Å². The van der Waals surface area contributed by atoms with Gasteiger partial charge < -0.3 is 16.0 Å². The molecule has 0 saturated carbocycles. The van der Waals surface area contributed by atoms with Gasteiger partial charge in [0.2, 0.25) is 0 Å². The van der Waals surface area contributed by atoms with E-state index < -0.39 is 0 Å². The van der Waals surface area contributed by atoms with Gasteiger partial charge in [0.25, 0.3) is 0 Å². The van der Waals surface area contributed by atoms with Crippen LogP contribution in [0.4, 0.5) is 4.79 Å². The Kier molecular flexibility index (Phi) is 7.83. The summed E-state index contributed by atoms with van der Waals surface area (Å²) in [5.74, 6) is 0.583. The lowest BCUT2D eigenvalue weighted by atomic mass is 10.1. The molecule has 0 aliphatic carbocycles. The number of nitrogens with zero attached hydrogens (tertiary/aromatic N) is 1. The van der Waals surface area contributed by atoms with Crippen LogP contribution in [0.25, 0.3) is 0 Å². The zero-order valence-electron chi connectivity index (χ0n) is 13.5. The second-order valence-corrected chi connectivity index (χ2v) is 6.00. The maximum atomic E-state index is 12.3. The normalized spacial score (nSPS) is 12.2. The van der Waals surface area contributed by atoms with Crippen molar-refractivity contribution in [1.82, 2.24) is 10.2 Å². The predicted octanol–water partition coefficient (Wildman–Crippen LogP) is 2.63. The average molecular weight is 291 g/mol. The first kappa shape index (κ1) is 17.5. The Morgan fingerprint density at radius 1 is 1.19 bits per heavy atom. The third kappa shape index (κ3) is 7.14. The molecule has 1 aromatic carbocycles. The molecule has 0 bridgehead atoms. The number of carbonyl (C=O) groups excluding carboxylic acids is 1. The molecule has 0 radical (unpaired) electrons. The van der Waals surface area contributed by atoms with Crippen LogP contribution in [0, 0.1) is 5.92 Å². The lowest BCUT2D eigenvalue weighted by Gasteiger charge is -2.25. The van der Waals surface area contributed by atoms with Gasteiger partial charge in [-0.3, -0.25) is 0 Å². The van der Waals surface area contributed by atoms with E-state index in [0.29, 0.717) is 19.0 Å². The summed E-state index contributed by atoms with van der Waals surface area (Å²) in [5, 5.41) is 3.07. The van der Waals surface area contributed by atoms with E-state index in [1.165, 1.54) is 5.56 Å². The quantitative estimate of drug-likeness (QED) is 0.773. The van der Waals surface area contributed by atoms with Crippen LogP contribution in [0.1, 0.15) is 32.8 Å². The van der Waals surface area contributed by atoms with E-state index in [9.17, 15) is 4.79 Å².